The highest BCUT2D eigenvalue weighted by Gasteiger charge is 2.18. The van der Waals surface area contributed by atoms with Crippen molar-refractivity contribution in [2.45, 2.75) is 6.92 Å². The normalized spacial score (nSPS) is 9.96. The van der Waals surface area contributed by atoms with Gasteiger partial charge in [0.05, 0.1) is 29.0 Å². The van der Waals surface area contributed by atoms with Gasteiger partial charge in [-0.3, -0.25) is 4.79 Å². The van der Waals surface area contributed by atoms with Crippen molar-refractivity contribution in [3.63, 3.8) is 0 Å². The molecule has 0 saturated heterocycles. The monoisotopic (exact) mass is 313 g/mol. The van der Waals surface area contributed by atoms with Crippen molar-refractivity contribution < 1.29 is 24.2 Å². The first-order valence-corrected chi connectivity index (χ1v) is 6.94. The Morgan fingerprint density at radius 3 is 2.13 bits per heavy atom. The molecule has 118 valence electrons. The number of carboxylic acids is 1. The summed E-state index contributed by atoms with van der Waals surface area (Å²) in [6.45, 7) is 1.89. The zero-order valence-electron chi connectivity index (χ0n) is 12.4. The fourth-order valence-electron chi connectivity index (χ4n) is 2.04. The van der Waals surface area contributed by atoms with Gasteiger partial charge in [-0.25, -0.2) is 9.59 Å². The van der Waals surface area contributed by atoms with E-state index in [1.165, 1.54) is 24.3 Å². The highest BCUT2D eigenvalue weighted by atomic mass is 16.5. The molecular weight excluding hydrogens is 298 g/mol. The summed E-state index contributed by atoms with van der Waals surface area (Å²) in [5.74, 6) is -2.37. The summed E-state index contributed by atoms with van der Waals surface area (Å²) in [5.41, 5.74) is 0.365. The van der Waals surface area contributed by atoms with Crippen molar-refractivity contribution in [2.75, 3.05) is 11.9 Å². The lowest BCUT2D eigenvalue weighted by molar-refractivity contribution is 0.0527. The van der Waals surface area contributed by atoms with E-state index in [2.05, 4.69) is 5.32 Å². The number of nitrogens with one attached hydrogen (secondary N) is 1. The second kappa shape index (κ2) is 7.22. The van der Waals surface area contributed by atoms with E-state index >= 15 is 0 Å². The van der Waals surface area contributed by atoms with Crippen LogP contribution in [0.3, 0.4) is 0 Å². The van der Waals surface area contributed by atoms with Crippen LogP contribution in [0, 0.1) is 0 Å². The molecule has 0 spiro atoms. The van der Waals surface area contributed by atoms with Crippen molar-refractivity contribution in [2.24, 2.45) is 0 Å². The Balaban J connectivity index is 2.32. The van der Waals surface area contributed by atoms with Gasteiger partial charge in [-0.05, 0) is 31.2 Å². The van der Waals surface area contributed by atoms with Crippen molar-refractivity contribution in [1.29, 1.82) is 0 Å². The standard InChI is InChI=1S/C17H15NO5/c1-2-23-17(22)13-9-5-6-10-14(13)18-15(19)11-7-3-4-8-12(11)16(20)21/h3-10H,2H2,1H3,(H,18,19)(H,20,21). The number of benzene rings is 2. The molecule has 6 heteroatoms. The molecule has 1 amide bonds. The van der Waals surface area contributed by atoms with Crippen molar-refractivity contribution in [1.82, 2.24) is 0 Å². The molecule has 0 aromatic heterocycles. The van der Waals surface area contributed by atoms with Crippen LogP contribution in [0.15, 0.2) is 48.5 Å². The summed E-state index contributed by atoms with van der Waals surface area (Å²) in [5, 5.41) is 11.7. The van der Waals surface area contributed by atoms with Gasteiger partial charge in [0.15, 0.2) is 0 Å². The molecule has 2 aromatic rings. The Morgan fingerprint density at radius 1 is 0.957 bits per heavy atom. The molecule has 0 unspecified atom stereocenters. The van der Waals surface area contributed by atoms with Crippen molar-refractivity contribution >= 4 is 23.5 Å². The predicted molar refractivity (Wildman–Crippen MR) is 83.8 cm³/mol. The summed E-state index contributed by atoms with van der Waals surface area (Å²) in [4.78, 5) is 35.4. The van der Waals surface area contributed by atoms with E-state index in [9.17, 15) is 14.4 Å². The summed E-state index contributed by atoms with van der Waals surface area (Å²) in [7, 11) is 0. The topological polar surface area (TPSA) is 92.7 Å². The number of amides is 1. The molecule has 0 saturated carbocycles. The number of carbonyl (C=O) groups is 3. The maximum absolute atomic E-state index is 12.3. The van der Waals surface area contributed by atoms with Gasteiger partial charge in [0.1, 0.15) is 0 Å². The molecule has 0 radical (unpaired) electrons. The zero-order valence-corrected chi connectivity index (χ0v) is 12.4. The zero-order chi connectivity index (χ0) is 16.8. The number of esters is 1. The Morgan fingerprint density at radius 2 is 1.52 bits per heavy atom. The van der Waals surface area contributed by atoms with E-state index < -0.39 is 17.8 Å². The fraction of sp³-hybridized carbons (Fsp3) is 0.118. The van der Waals surface area contributed by atoms with Crippen LogP contribution < -0.4 is 5.32 Å². The third kappa shape index (κ3) is 3.74. The molecule has 23 heavy (non-hydrogen) atoms. The van der Waals surface area contributed by atoms with Gasteiger partial charge < -0.3 is 15.2 Å². The minimum absolute atomic E-state index is 0.0126. The Bertz CT molecular complexity index is 754. The summed E-state index contributed by atoms with van der Waals surface area (Å²) < 4.78 is 4.93. The molecular formula is C17H15NO5. The highest BCUT2D eigenvalue weighted by molar-refractivity contribution is 6.12. The van der Waals surface area contributed by atoms with Crippen LogP contribution in [0.4, 0.5) is 5.69 Å². The van der Waals surface area contributed by atoms with Gasteiger partial charge in [0.25, 0.3) is 5.91 Å². The van der Waals surface area contributed by atoms with E-state index in [0.717, 1.165) is 0 Å². The molecule has 2 N–H and O–H groups in total. The van der Waals surface area contributed by atoms with Gasteiger partial charge in [-0.1, -0.05) is 24.3 Å². The molecule has 0 fully saturated rings. The van der Waals surface area contributed by atoms with Crippen LogP contribution in [-0.2, 0) is 4.74 Å². The lowest BCUT2D eigenvalue weighted by Gasteiger charge is -2.11. The Labute approximate surface area is 132 Å². The van der Waals surface area contributed by atoms with E-state index in [1.807, 2.05) is 0 Å². The Hall–Kier alpha value is -3.15. The average molecular weight is 313 g/mol. The first-order valence-electron chi connectivity index (χ1n) is 6.94. The van der Waals surface area contributed by atoms with Crippen molar-refractivity contribution in [3.05, 3.63) is 65.2 Å². The van der Waals surface area contributed by atoms with Gasteiger partial charge in [-0.15, -0.1) is 0 Å². The third-order valence-corrected chi connectivity index (χ3v) is 3.07. The third-order valence-electron chi connectivity index (χ3n) is 3.07. The van der Waals surface area contributed by atoms with Gasteiger partial charge in [0.2, 0.25) is 0 Å². The van der Waals surface area contributed by atoms with Crippen LogP contribution >= 0.6 is 0 Å². The lowest BCUT2D eigenvalue weighted by Crippen LogP contribution is -2.18. The Kier molecular flexibility index (Phi) is 5.09. The van der Waals surface area contributed by atoms with E-state index in [1.54, 1.807) is 31.2 Å². The van der Waals surface area contributed by atoms with Crippen LogP contribution in [0.25, 0.3) is 0 Å². The fourth-order valence-corrected chi connectivity index (χ4v) is 2.04. The molecule has 6 nitrogen and oxygen atoms in total. The van der Waals surface area contributed by atoms with Crippen LogP contribution in [0.5, 0.6) is 0 Å². The number of ether oxygens (including phenoxy) is 1. The molecule has 0 bridgehead atoms. The van der Waals surface area contributed by atoms with Gasteiger partial charge in [-0.2, -0.15) is 0 Å². The molecule has 0 aliphatic heterocycles. The molecule has 0 aliphatic carbocycles. The van der Waals surface area contributed by atoms with Gasteiger partial charge in [0, 0.05) is 0 Å². The van der Waals surface area contributed by atoms with E-state index in [-0.39, 0.29) is 29.0 Å². The number of hydrogen-bond acceptors (Lipinski definition) is 4. The molecule has 0 atom stereocenters. The largest absolute Gasteiger partial charge is 0.478 e. The quantitative estimate of drug-likeness (QED) is 0.828. The number of hydrogen-bond donors (Lipinski definition) is 2. The minimum Gasteiger partial charge on any atom is -0.478 e. The molecule has 2 rings (SSSR count). The van der Waals surface area contributed by atoms with Crippen LogP contribution in [0.2, 0.25) is 0 Å². The predicted octanol–water partition coefficient (Wildman–Crippen LogP) is 2.81. The maximum Gasteiger partial charge on any atom is 0.340 e. The number of carboxylic acid groups (broad SMARTS) is 1. The van der Waals surface area contributed by atoms with E-state index in [0.29, 0.717) is 0 Å². The summed E-state index contributed by atoms with van der Waals surface area (Å²) in [6, 6.07) is 12.2. The van der Waals surface area contributed by atoms with Crippen LogP contribution in [0.1, 0.15) is 38.0 Å². The average Bonchev–Trinajstić information content (AvgIpc) is 2.55. The maximum atomic E-state index is 12.3. The first kappa shape index (κ1) is 16.2. The second-order valence-electron chi connectivity index (χ2n) is 4.57. The number of anilines is 1. The van der Waals surface area contributed by atoms with Crippen molar-refractivity contribution in [3.8, 4) is 0 Å². The first-order chi connectivity index (χ1) is 11.0. The smallest absolute Gasteiger partial charge is 0.340 e. The van der Waals surface area contributed by atoms with Gasteiger partial charge >= 0.3 is 11.9 Å². The number of para-hydroxylation sites is 1. The summed E-state index contributed by atoms with van der Waals surface area (Å²) >= 11 is 0. The number of aromatic carboxylic acids is 1. The molecule has 0 aliphatic rings. The molecule has 0 heterocycles. The summed E-state index contributed by atoms with van der Waals surface area (Å²) in [6.07, 6.45) is 0. The molecule has 2 aromatic carbocycles. The second-order valence-corrected chi connectivity index (χ2v) is 4.57. The number of rotatable bonds is 5. The SMILES string of the molecule is CCOC(=O)c1ccccc1NC(=O)c1ccccc1C(=O)O. The van der Waals surface area contributed by atoms with Crippen LogP contribution in [-0.4, -0.2) is 29.6 Å². The number of carbonyl (C=O) groups excluding carboxylic acids is 2. The highest BCUT2D eigenvalue weighted by Crippen LogP contribution is 2.18. The minimum atomic E-state index is -1.20. The lowest BCUT2D eigenvalue weighted by atomic mass is 10.1. The van der Waals surface area contributed by atoms with E-state index in [4.69, 9.17) is 9.84 Å².